The number of nitrogens with zero attached hydrogens (tertiary/aromatic N) is 1. The van der Waals surface area contributed by atoms with E-state index in [4.69, 9.17) is 9.84 Å². The van der Waals surface area contributed by atoms with Crippen molar-refractivity contribution in [2.45, 2.75) is 31.1 Å². The molecule has 0 bridgehead atoms. The van der Waals surface area contributed by atoms with Crippen LogP contribution in [0.25, 0.3) is 0 Å². The largest absolute Gasteiger partial charge is 0.495 e. The van der Waals surface area contributed by atoms with E-state index in [-0.39, 0.29) is 17.1 Å². The first-order valence-corrected chi connectivity index (χ1v) is 9.78. The molecule has 26 heavy (non-hydrogen) atoms. The van der Waals surface area contributed by atoms with Crippen LogP contribution in [-0.2, 0) is 27.7 Å². The van der Waals surface area contributed by atoms with Crippen molar-refractivity contribution in [3.8, 4) is 5.75 Å². The highest BCUT2D eigenvalue weighted by atomic mass is 32.2. The van der Waals surface area contributed by atoms with Gasteiger partial charge in [0.25, 0.3) is 10.0 Å². The number of anilines is 1. The predicted molar refractivity (Wildman–Crippen MR) is 98.4 cm³/mol. The highest BCUT2D eigenvalue weighted by molar-refractivity contribution is 7.93. The number of carboxylic acids is 1. The summed E-state index contributed by atoms with van der Waals surface area (Å²) in [6.45, 7) is 2.36. The summed E-state index contributed by atoms with van der Waals surface area (Å²) in [5, 5.41) is 9.00. The number of hydrogen-bond donors (Lipinski definition) is 1. The second kappa shape index (κ2) is 6.99. The van der Waals surface area contributed by atoms with E-state index in [0.717, 1.165) is 24.0 Å². The summed E-state index contributed by atoms with van der Waals surface area (Å²) < 4.78 is 33.3. The van der Waals surface area contributed by atoms with Crippen LogP contribution in [-0.4, -0.2) is 33.1 Å². The minimum Gasteiger partial charge on any atom is -0.495 e. The Morgan fingerprint density at radius 2 is 2.00 bits per heavy atom. The zero-order valence-corrected chi connectivity index (χ0v) is 15.5. The number of sulfonamides is 1. The van der Waals surface area contributed by atoms with E-state index in [1.807, 2.05) is 25.1 Å². The first-order valence-electron chi connectivity index (χ1n) is 8.34. The maximum Gasteiger partial charge on any atom is 0.307 e. The molecule has 1 aliphatic rings. The first kappa shape index (κ1) is 18.3. The van der Waals surface area contributed by atoms with Crippen LogP contribution < -0.4 is 9.04 Å². The van der Waals surface area contributed by atoms with Crippen molar-refractivity contribution in [3.63, 3.8) is 0 Å². The minimum absolute atomic E-state index is 0.00725. The smallest absolute Gasteiger partial charge is 0.307 e. The van der Waals surface area contributed by atoms with Crippen LogP contribution >= 0.6 is 0 Å². The standard InChI is InChI=1S/C19H21NO5S/c1-13-5-7-16-15(10-13)4-3-9-20(16)26(23,24)18-11-14(12-19(21)22)6-8-17(18)25-2/h5-8,10-11H,3-4,9,12H2,1-2H3,(H,21,22). The van der Waals surface area contributed by atoms with Crippen molar-refractivity contribution in [3.05, 3.63) is 53.1 Å². The van der Waals surface area contributed by atoms with Gasteiger partial charge in [0.05, 0.1) is 19.2 Å². The van der Waals surface area contributed by atoms with Crippen LogP contribution in [0.15, 0.2) is 41.3 Å². The minimum atomic E-state index is -3.87. The van der Waals surface area contributed by atoms with E-state index in [9.17, 15) is 13.2 Å². The quantitative estimate of drug-likeness (QED) is 0.869. The van der Waals surface area contributed by atoms with Crippen molar-refractivity contribution in [2.75, 3.05) is 18.0 Å². The third-order valence-electron chi connectivity index (χ3n) is 4.46. The Morgan fingerprint density at radius 1 is 1.23 bits per heavy atom. The van der Waals surface area contributed by atoms with Gasteiger partial charge in [-0.1, -0.05) is 23.8 Å². The summed E-state index contributed by atoms with van der Waals surface area (Å²) in [6.07, 6.45) is 1.31. The van der Waals surface area contributed by atoms with E-state index in [1.54, 1.807) is 6.07 Å². The summed E-state index contributed by atoms with van der Waals surface area (Å²) in [5.41, 5.74) is 3.18. The molecule has 0 spiro atoms. The van der Waals surface area contributed by atoms with Crippen LogP contribution in [0.1, 0.15) is 23.1 Å². The predicted octanol–water partition coefficient (Wildman–Crippen LogP) is 2.77. The fraction of sp³-hybridized carbons (Fsp3) is 0.316. The zero-order valence-electron chi connectivity index (χ0n) is 14.7. The number of aryl methyl sites for hydroxylation is 2. The molecule has 0 saturated heterocycles. The molecular formula is C19H21NO5S. The Balaban J connectivity index is 2.10. The molecule has 7 heteroatoms. The Hall–Kier alpha value is -2.54. The molecule has 3 rings (SSSR count). The number of hydrogen-bond acceptors (Lipinski definition) is 4. The fourth-order valence-electron chi connectivity index (χ4n) is 3.27. The number of aliphatic carboxylic acids is 1. The Labute approximate surface area is 153 Å². The molecule has 138 valence electrons. The Kier molecular flexibility index (Phi) is 4.91. The Bertz CT molecular complexity index is 952. The molecule has 6 nitrogen and oxygen atoms in total. The lowest BCUT2D eigenvalue weighted by Gasteiger charge is -2.31. The molecule has 0 amide bonds. The second-order valence-electron chi connectivity index (χ2n) is 6.37. The molecule has 1 aliphatic heterocycles. The van der Waals surface area contributed by atoms with E-state index >= 15 is 0 Å². The molecule has 1 heterocycles. The van der Waals surface area contributed by atoms with Gasteiger partial charge in [-0.25, -0.2) is 8.42 Å². The van der Waals surface area contributed by atoms with Gasteiger partial charge in [0, 0.05) is 6.54 Å². The average Bonchev–Trinajstić information content (AvgIpc) is 2.60. The number of methoxy groups -OCH3 is 1. The van der Waals surface area contributed by atoms with Gasteiger partial charge < -0.3 is 9.84 Å². The number of ether oxygens (including phenoxy) is 1. The second-order valence-corrected chi connectivity index (χ2v) is 8.20. The molecule has 0 unspecified atom stereocenters. The normalized spacial score (nSPS) is 14.0. The highest BCUT2D eigenvalue weighted by Gasteiger charge is 2.31. The molecule has 0 aromatic heterocycles. The number of carbonyl (C=O) groups is 1. The molecule has 1 N–H and O–H groups in total. The monoisotopic (exact) mass is 375 g/mol. The number of benzene rings is 2. The molecular weight excluding hydrogens is 354 g/mol. The Morgan fingerprint density at radius 3 is 2.69 bits per heavy atom. The third-order valence-corrected chi connectivity index (χ3v) is 6.30. The zero-order chi connectivity index (χ0) is 18.9. The summed E-state index contributed by atoms with van der Waals surface area (Å²) in [4.78, 5) is 11.0. The van der Waals surface area contributed by atoms with E-state index < -0.39 is 16.0 Å². The van der Waals surface area contributed by atoms with Gasteiger partial charge in [-0.15, -0.1) is 0 Å². The van der Waals surface area contributed by atoms with Crippen LogP contribution in [0.4, 0.5) is 5.69 Å². The number of rotatable bonds is 5. The van der Waals surface area contributed by atoms with Gasteiger partial charge in [-0.2, -0.15) is 0 Å². The van der Waals surface area contributed by atoms with Gasteiger partial charge in [-0.3, -0.25) is 9.10 Å². The molecule has 2 aromatic rings. The van der Waals surface area contributed by atoms with Crippen LogP contribution in [0, 0.1) is 6.92 Å². The van der Waals surface area contributed by atoms with Crippen LogP contribution in [0.5, 0.6) is 5.75 Å². The fourth-order valence-corrected chi connectivity index (χ4v) is 5.02. The summed E-state index contributed by atoms with van der Waals surface area (Å²) in [6, 6.07) is 10.2. The third kappa shape index (κ3) is 3.39. The van der Waals surface area contributed by atoms with Crippen LogP contribution in [0.3, 0.4) is 0 Å². The average molecular weight is 375 g/mol. The number of carboxylic acid groups (broad SMARTS) is 1. The summed E-state index contributed by atoms with van der Waals surface area (Å²) in [5.74, 6) is -0.810. The van der Waals surface area contributed by atoms with Crippen molar-refractivity contribution >= 4 is 21.7 Å². The van der Waals surface area contributed by atoms with Gasteiger partial charge in [0.15, 0.2) is 0 Å². The lowest BCUT2D eigenvalue weighted by molar-refractivity contribution is -0.136. The molecule has 0 fully saturated rings. The van der Waals surface area contributed by atoms with Crippen molar-refractivity contribution in [1.82, 2.24) is 0 Å². The summed E-state index contributed by atoms with van der Waals surface area (Å²) in [7, 11) is -2.47. The van der Waals surface area contributed by atoms with Crippen molar-refractivity contribution in [1.29, 1.82) is 0 Å². The molecule has 0 saturated carbocycles. The topological polar surface area (TPSA) is 83.9 Å². The van der Waals surface area contributed by atoms with Crippen molar-refractivity contribution in [2.24, 2.45) is 0 Å². The maximum absolute atomic E-state index is 13.4. The molecule has 0 radical (unpaired) electrons. The van der Waals surface area contributed by atoms with Gasteiger partial charge in [0.1, 0.15) is 10.6 Å². The van der Waals surface area contributed by atoms with Crippen LogP contribution in [0.2, 0.25) is 0 Å². The maximum atomic E-state index is 13.4. The van der Waals surface area contributed by atoms with E-state index in [0.29, 0.717) is 17.8 Å². The molecule has 0 aliphatic carbocycles. The summed E-state index contributed by atoms with van der Waals surface area (Å²) >= 11 is 0. The van der Waals surface area contributed by atoms with Crippen molar-refractivity contribution < 1.29 is 23.1 Å². The van der Waals surface area contributed by atoms with Gasteiger partial charge >= 0.3 is 5.97 Å². The van der Waals surface area contributed by atoms with E-state index in [2.05, 4.69) is 0 Å². The lowest BCUT2D eigenvalue weighted by atomic mass is 10.0. The van der Waals surface area contributed by atoms with E-state index in [1.165, 1.54) is 23.5 Å². The lowest BCUT2D eigenvalue weighted by Crippen LogP contribution is -2.35. The first-order chi connectivity index (χ1) is 12.3. The highest BCUT2D eigenvalue weighted by Crippen LogP contribution is 2.35. The molecule has 0 atom stereocenters. The SMILES string of the molecule is COc1ccc(CC(=O)O)cc1S(=O)(=O)N1CCCc2cc(C)ccc21. The molecule has 2 aromatic carbocycles. The van der Waals surface area contributed by atoms with Gasteiger partial charge in [-0.05, 0) is 49.1 Å². The van der Waals surface area contributed by atoms with Gasteiger partial charge in [0.2, 0.25) is 0 Å². The number of fused-ring (bicyclic) bond motifs is 1.